The van der Waals surface area contributed by atoms with E-state index >= 15 is 0 Å². The Labute approximate surface area is 160 Å². The van der Waals surface area contributed by atoms with Gasteiger partial charge in [0.2, 0.25) is 4.77 Å². The minimum Gasteiger partial charge on any atom is -0.497 e. The predicted octanol–water partition coefficient (Wildman–Crippen LogP) is 3.72. The van der Waals surface area contributed by atoms with Crippen molar-refractivity contribution >= 4 is 17.9 Å². The number of hydrogen-bond acceptors (Lipinski definition) is 6. The van der Waals surface area contributed by atoms with E-state index in [0.29, 0.717) is 23.4 Å². The molecular formula is C16H12F3N5O3S. The second-order valence-electron chi connectivity index (χ2n) is 5.57. The maximum atomic E-state index is 12.9. The van der Waals surface area contributed by atoms with Gasteiger partial charge in [0.05, 0.1) is 17.6 Å². The average molecular weight is 411 g/mol. The van der Waals surface area contributed by atoms with Crippen molar-refractivity contribution in [3.05, 3.63) is 62.9 Å². The van der Waals surface area contributed by atoms with Crippen LogP contribution in [0.25, 0.3) is 17.1 Å². The van der Waals surface area contributed by atoms with Crippen LogP contribution in [0, 0.1) is 14.9 Å². The van der Waals surface area contributed by atoms with Crippen LogP contribution in [-0.2, 0) is 6.18 Å². The molecule has 0 saturated heterocycles. The molecule has 1 aromatic heterocycles. The first-order valence-corrected chi connectivity index (χ1v) is 8.02. The van der Waals surface area contributed by atoms with Crippen molar-refractivity contribution in [2.75, 3.05) is 13.0 Å². The minimum absolute atomic E-state index is 0.131. The number of halogens is 3. The summed E-state index contributed by atoms with van der Waals surface area (Å²) >= 11 is 5.17. The summed E-state index contributed by atoms with van der Waals surface area (Å²) in [5.74, 6) is 6.67. The molecule has 0 aliphatic rings. The van der Waals surface area contributed by atoms with Crippen LogP contribution in [0.2, 0.25) is 0 Å². The molecule has 0 saturated carbocycles. The minimum atomic E-state index is -4.73. The normalized spacial score (nSPS) is 11.4. The number of methoxy groups -OCH3 is 1. The highest BCUT2D eigenvalue weighted by Crippen LogP contribution is 2.34. The zero-order valence-electron chi connectivity index (χ0n) is 14.2. The van der Waals surface area contributed by atoms with Crippen LogP contribution in [0.3, 0.4) is 0 Å². The standard InChI is InChI=1S/C16H12F3N5O3S/c1-27-11-5-2-9(3-6-11)14-21-23(15(28)22(14)20)12-7-4-10(16(17,18)19)8-13(12)24(25)26/h2-8H,20H2,1H3. The Morgan fingerprint density at radius 2 is 1.86 bits per heavy atom. The zero-order valence-corrected chi connectivity index (χ0v) is 15.0. The lowest BCUT2D eigenvalue weighted by molar-refractivity contribution is -0.384. The average Bonchev–Trinajstić information content (AvgIpc) is 2.95. The molecule has 0 unspecified atom stereocenters. The Balaban J connectivity index is 2.17. The number of nitrogens with two attached hydrogens (primary N) is 1. The van der Waals surface area contributed by atoms with Gasteiger partial charge in [0, 0.05) is 11.6 Å². The number of nitrogens with zero attached hydrogens (tertiary/aromatic N) is 4. The van der Waals surface area contributed by atoms with Crippen molar-refractivity contribution < 1.29 is 22.8 Å². The van der Waals surface area contributed by atoms with Crippen LogP contribution in [0.15, 0.2) is 42.5 Å². The van der Waals surface area contributed by atoms with Crippen LogP contribution in [0.5, 0.6) is 5.75 Å². The molecule has 0 amide bonds. The quantitative estimate of drug-likeness (QED) is 0.304. The van der Waals surface area contributed by atoms with Gasteiger partial charge in [0.25, 0.3) is 5.69 Å². The topological polar surface area (TPSA) is 101 Å². The summed E-state index contributed by atoms with van der Waals surface area (Å²) in [6, 6.07) is 8.67. The fraction of sp³-hybridized carbons (Fsp3) is 0.125. The third-order valence-corrected chi connectivity index (χ3v) is 4.26. The monoisotopic (exact) mass is 411 g/mol. The largest absolute Gasteiger partial charge is 0.497 e. The summed E-state index contributed by atoms with van der Waals surface area (Å²) in [5, 5.41) is 15.5. The fourth-order valence-corrected chi connectivity index (χ4v) is 2.72. The Hall–Kier alpha value is -3.41. The first-order valence-electron chi connectivity index (χ1n) is 7.61. The van der Waals surface area contributed by atoms with Gasteiger partial charge in [-0.25, -0.2) is 4.68 Å². The first kappa shape index (κ1) is 19.4. The van der Waals surface area contributed by atoms with E-state index in [4.69, 9.17) is 22.8 Å². The van der Waals surface area contributed by atoms with Crippen molar-refractivity contribution in [1.82, 2.24) is 14.5 Å². The highest BCUT2D eigenvalue weighted by Gasteiger charge is 2.33. The molecule has 2 aromatic carbocycles. The number of rotatable bonds is 4. The molecule has 0 fully saturated rings. The first-order chi connectivity index (χ1) is 13.1. The second kappa shape index (κ2) is 6.96. The van der Waals surface area contributed by atoms with Gasteiger partial charge in [0.15, 0.2) is 5.82 Å². The summed E-state index contributed by atoms with van der Waals surface area (Å²) < 4.78 is 45.6. The molecule has 0 spiro atoms. The van der Waals surface area contributed by atoms with E-state index in [-0.39, 0.29) is 16.3 Å². The number of benzene rings is 2. The zero-order chi connectivity index (χ0) is 20.6. The molecule has 146 valence electrons. The SMILES string of the molecule is COc1ccc(-c2nn(-c3ccc(C(F)(F)F)cc3[N+](=O)[O-])c(=S)n2N)cc1. The predicted molar refractivity (Wildman–Crippen MR) is 96.2 cm³/mol. The third-order valence-electron chi connectivity index (χ3n) is 3.89. The van der Waals surface area contributed by atoms with Crippen LogP contribution in [0.4, 0.5) is 18.9 Å². The van der Waals surface area contributed by atoms with E-state index in [9.17, 15) is 23.3 Å². The maximum absolute atomic E-state index is 12.9. The number of aromatic nitrogens is 3. The molecule has 0 aliphatic heterocycles. The summed E-state index contributed by atoms with van der Waals surface area (Å²) in [6.07, 6.45) is -4.73. The van der Waals surface area contributed by atoms with E-state index < -0.39 is 22.4 Å². The highest BCUT2D eigenvalue weighted by molar-refractivity contribution is 7.71. The lowest BCUT2D eigenvalue weighted by atomic mass is 10.1. The van der Waals surface area contributed by atoms with Crippen molar-refractivity contribution in [2.45, 2.75) is 6.18 Å². The van der Waals surface area contributed by atoms with Crippen molar-refractivity contribution in [3.8, 4) is 22.8 Å². The number of hydrogen-bond donors (Lipinski definition) is 1. The molecule has 0 aliphatic carbocycles. The Morgan fingerprint density at radius 3 is 2.39 bits per heavy atom. The van der Waals surface area contributed by atoms with E-state index in [1.54, 1.807) is 24.3 Å². The molecule has 12 heteroatoms. The van der Waals surface area contributed by atoms with Crippen molar-refractivity contribution in [3.63, 3.8) is 0 Å². The lowest BCUT2D eigenvalue weighted by Gasteiger charge is -2.08. The van der Waals surface area contributed by atoms with Crippen LogP contribution in [0.1, 0.15) is 5.56 Å². The van der Waals surface area contributed by atoms with Gasteiger partial charge in [-0.15, -0.1) is 5.10 Å². The van der Waals surface area contributed by atoms with E-state index in [1.165, 1.54) is 7.11 Å². The summed E-state index contributed by atoms with van der Waals surface area (Å²) in [7, 11) is 1.50. The summed E-state index contributed by atoms with van der Waals surface area (Å²) in [4.78, 5) is 10.4. The molecule has 2 N–H and O–H groups in total. The Morgan fingerprint density at radius 1 is 1.21 bits per heavy atom. The smallest absolute Gasteiger partial charge is 0.416 e. The molecule has 0 radical (unpaired) electrons. The van der Waals surface area contributed by atoms with Crippen LogP contribution in [-0.4, -0.2) is 26.5 Å². The van der Waals surface area contributed by atoms with Gasteiger partial charge in [-0.1, -0.05) is 0 Å². The fourth-order valence-electron chi connectivity index (χ4n) is 2.50. The Kier molecular flexibility index (Phi) is 4.81. The molecule has 8 nitrogen and oxygen atoms in total. The van der Waals surface area contributed by atoms with Gasteiger partial charge >= 0.3 is 6.18 Å². The Bertz CT molecular complexity index is 1110. The van der Waals surface area contributed by atoms with Crippen molar-refractivity contribution in [2.24, 2.45) is 0 Å². The van der Waals surface area contributed by atoms with E-state index in [0.717, 1.165) is 15.4 Å². The van der Waals surface area contributed by atoms with Gasteiger partial charge in [-0.2, -0.15) is 17.9 Å². The molecule has 28 heavy (non-hydrogen) atoms. The molecule has 0 atom stereocenters. The number of nitro groups is 1. The number of alkyl halides is 3. The van der Waals surface area contributed by atoms with Gasteiger partial charge < -0.3 is 10.6 Å². The molecular weight excluding hydrogens is 399 g/mol. The van der Waals surface area contributed by atoms with Gasteiger partial charge in [0.1, 0.15) is 11.4 Å². The number of nitrogen functional groups attached to an aromatic ring is 1. The molecule has 3 rings (SSSR count). The summed E-state index contributed by atoms with van der Waals surface area (Å²) in [6.45, 7) is 0. The number of ether oxygens (including phenoxy) is 1. The summed E-state index contributed by atoms with van der Waals surface area (Å²) in [5.41, 5.74) is -1.66. The van der Waals surface area contributed by atoms with Gasteiger partial charge in [-0.05, 0) is 48.6 Å². The third kappa shape index (κ3) is 3.41. The maximum Gasteiger partial charge on any atom is 0.416 e. The van der Waals surface area contributed by atoms with E-state index in [2.05, 4.69) is 5.10 Å². The highest BCUT2D eigenvalue weighted by atomic mass is 32.1. The van der Waals surface area contributed by atoms with Gasteiger partial charge in [-0.3, -0.25) is 10.1 Å². The molecule has 3 aromatic rings. The lowest BCUT2D eigenvalue weighted by Crippen LogP contribution is -2.11. The van der Waals surface area contributed by atoms with Crippen LogP contribution < -0.4 is 10.6 Å². The molecule has 1 heterocycles. The van der Waals surface area contributed by atoms with Crippen molar-refractivity contribution in [1.29, 1.82) is 0 Å². The molecule has 0 bridgehead atoms. The van der Waals surface area contributed by atoms with E-state index in [1.807, 2.05) is 0 Å². The second-order valence-corrected chi connectivity index (χ2v) is 5.94. The number of nitro benzene ring substituents is 1. The van der Waals surface area contributed by atoms with Crippen LogP contribution >= 0.6 is 12.2 Å².